The highest BCUT2D eigenvalue weighted by molar-refractivity contribution is 6.01. The molecular weight excluding hydrogens is 668 g/mol. The van der Waals surface area contributed by atoms with Gasteiger partial charge in [0.05, 0.1) is 25.6 Å². The summed E-state index contributed by atoms with van der Waals surface area (Å²) in [5.74, 6) is -4.09. The number of Topliss-reactive ketones (excluding diaryl/α,β-unsaturated/α-hetero) is 1. The Labute approximate surface area is 286 Å². The van der Waals surface area contributed by atoms with E-state index in [0.29, 0.717) is 5.56 Å². The molecule has 2 heterocycles. The number of aliphatic hydroxyl groups excluding tert-OH is 7. The molecule has 0 radical (unpaired) electrons. The molecular formula is C33H42O17. The molecule has 0 amide bonds. The smallest absolute Gasteiger partial charge is 0.315 e. The fraction of sp³-hybridized carbons (Fsp3) is 0.545. The Morgan fingerprint density at radius 2 is 1.44 bits per heavy atom. The number of esters is 2. The van der Waals surface area contributed by atoms with Crippen LogP contribution in [0.2, 0.25) is 0 Å². The molecule has 50 heavy (non-hydrogen) atoms. The number of hydrogen-bond donors (Lipinski definition) is 8. The predicted molar refractivity (Wildman–Crippen MR) is 166 cm³/mol. The third kappa shape index (κ3) is 9.32. The third-order valence-corrected chi connectivity index (χ3v) is 8.13. The topological polar surface area (TPSA) is 268 Å². The number of phenols is 1. The highest BCUT2D eigenvalue weighted by Gasteiger charge is 2.51. The fourth-order valence-electron chi connectivity index (χ4n) is 5.31. The number of ketones is 1. The van der Waals surface area contributed by atoms with E-state index in [2.05, 4.69) is 0 Å². The number of carbonyl (C=O) groups is 3. The number of aliphatic hydroxyl groups is 7. The van der Waals surface area contributed by atoms with E-state index in [9.17, 15) is 55.2 Å². The maximum absolute atomic E-state index is 13.0. The average Bonchev–Trinajstić information content (AvgIpc) is 3.06. The van der Waals surface area contributed by atoms with Crippen LogP contribution in [0.5, 0.6) is 23.0 Å². The van der Waals surface area contributed by atoms with Gasteiger partial charge < -0.3 is 69.3 Å². The van der Waals surface area contributed by atoms with Crippen LogP contribution in [0.1, 0.15) is 43.1 Å². The number of phenolic OH excluding ortho intramolecular Hbond substituents is 1. The Morgan fingerprint density at radius 1 is 0.820 bits per heavy atom. The summed E-state index contributed by atoms with van der Waals surface area (Å²) in [4.78, 5) is 38.7. The molecule has 17 heteroatoms. The maximum atomic E-state index is 13.0. The third-order valence-electron chi connectivity index (χ3n) is 8.13. The molecule has 0 aromatic heterocycles. The van der Waals surface area contributed by atoms with Crippen molar-refractivity contribution in [1.82, 2.24) is 0 Å². The van der Waals surface area contributed by atoms with E-state index in [-0.39, 0.29) is 36.5 Å². The highest BCUT2D eigenvalue weighted by atomic mass is 16.8. The second-order valence-electron chi connectivity index (χ2n) is 12.2. The minimum absolute atomic E-state index is 0.0334. The summed E-state index contributed by atoms with van der Waals surface area (Å²) in [5, 5.41) is 81.2. The SMILES string of the molecule is CC(=O)c1c(OC(=O)Cc2ccc(O)cc2)cc(OC2OC(CO)C(O)C(O)C2OC2OC(C)C(O)C(O)C2O)cc1OC(=O)CC(C)CO. The van der Waals surface area contributed by atoms with Crippen LogP contribution < -0.4 is 14.2 Å². The average molecular weight is 711 g/mol. The summed E-state index contributed by atoms with van der Waals surface area (Å²) in [5.41, 5.74) is 0.120. The zero-order valence-corrected chi connectivity index (χ0v) is 27.4. The first-order valence-electron chi connectivity index (χ1n) is 15.8. The largest absolute Gasteiger partial charge is 0.508 e. The lowest BCUT2D eigenvalue weighted by molar-refractivity contribution is -0.354. The second-order valence-corrected chi connectivity index (χ2v) is 12.2. The first kappa shape index (κ1) is 39.0. The van der Waals surface area contributed by atoms with Gasteiger partial charge in [-0.1, -0.05) is 19.1 Å². The first-order valence-corrected chi connectivity index (χ1v) is 15.8. The molecule has 0 saturated carbocycles. The van der Waals surface area contributed by atoms with Gasteiger partial charge >= 0.3 is 11.9 Å². The van der Waals surface area contributed by atoms with Crippen molar-refractivity contribution >= 4 is 17.7 Å². The van der Waals surface area contributed by atoms with E-state index < -0.39 is 103 Å². The van der Waals surface area contributed by atoms with Gasteiger partial charge in [-0.15, -0.1) is 0 Å². The van der Waals surface area contributed by atoms with Gasteiger partial charge in [-0.05, 0) is 37.5 Å². The maximum Gasteiger partial charge on any atom is 0.315 e. The van der Waals surface area contributed by atoms with Crippen LogP contribution in [0.4, 0.5) is 0 Å². The molecule has 17 nitrogen and oxygen atoms in total. The number of hydrogen-bond acceptors (Lipinski definition) is 17. The molecule has 2 fully saturated rings. The van der Waals surface area contributed by atoms with Crippen molar-refractivity contribution in [2.75, 3.05) is 13.2 Å². The summed E-state index contributed by atoms with van der Waals surface area (Å²) in [6.07, 6.45) is -16.8. The second kappa shape index (κ2) is 17.0. The molecule has 2 aromatic rings. The molecule has 2 saturated heterocycles. The van der Waals surface area contributed by atoms with Gasteiger partial charge in [-0.2, -0.15) is 0 Å². The Kier molecular flexibility index (Phi) is 13.3. The Bertz CT molecular complexity index is 1480. The molecule has 0 aliphatic carbocycles. The predicted octanol–water partition coefficient (Wildman–Crippen LogP) is -1.30. The van der Waals surface area contributed by atoms with Gasteiger partial charge in [-0.25, -0.2) is 0 Å². The standard InChI is InChI=1S/C33H42O17/c1-14(12-34)8-23(38)47-20-10-19(11-21(25(20)15(2)36)48-24(39)9-17-4-6-18(37)7-5-17)46-33-31(29(43)27(41)22(13-35)49-33)50-32-30(44)28(42)26(40)16(3)45-32/h4-7,10-11,14,16,22,26-35,37,40-44H,8-9,12-13H2,1-3H3. The number of aromatic hydroxyl groups is 1. The van der Waals surface area contributed by atoms with Crippen LogP contribution >= 0.6 is 0 Å². The Balaban J connectivity index is 1.71. The van der Waals surface area contributed by atoms with E-state index in [1.807, 2.05) is 0 Å². The lowest BCUT2D eigenvalue weighted by Gasteiger charge is -2.45. The number of benzene rings is 2. The molecule has 8 N–H and O–H groups in total. The fourth-order valence-corrected chi connectivity index (χ4v) is 5.31. The van der Waals surface area contributed by atoms with Gasteiger partial charge in [0.2, 0.25) is 6.29 Å². The molecule has 11 unspecified atom stereocenters. The first-order chi connectivity index (χ1) is 23.6. The molecule has 4 rings (SSSR count). The highest BCUT2D eigenvalue weighted by Crippen LogP contribution is 2.38. The Hall–Kier alpha value is -3.75. The number of ether oxygens (including phenoxy) is 6. The summed E-state index contributed by atoms with van der Waals surface area (Å²) >= 11 is 0. The van der Waals surface area contributed by atoms with E-state index in [1.165, 1.54) is 31.2 Å². The van der Waals surface area contributed by atoms with E-state index >= 15 is 0 Å². The summed E-state index contributed by atoms with van der Waals surface area (Å²) < 4.78 is 33.8. The minimum atomic E-state index is -1.86. The number of carbonyl (C=O) groups excluding carboxylic acids is 3. The van der Waals surface area contributed by atoms with Gasteiger partial charge in [0.1, 0.15) is 65.2 Å². The van der Waals surface area contributed by atoms with Crippen LogP contribution in [0.15, 0.2) is 36.4 Å². The van der Waals surface area contributed by atoms with Crippen LogP contribution in [0.3, 0.4) is 0 Å². The van der Waals surface area contributed by atoms with Crippen LogP contribution in [0, 0.1) is 5.92 Å². The lowest BCUT2D eigenvalue weighted by atomic mass is 9.97. The zero-order chi connectivity index (χ0) is 36.9. The van der Waals surface area contributed by atoms with E-state index in [1.54, 1.807) is 6.92 Å². The van der Waals surface area contributed by atoms with Crippen molar-refractivity contribution in [3.8, 4) is 23.0 Å². The molecule has 11 atom stereocenters. The zero-order valence-electron chi connectivity index (χ0n) is 27.4. The van der Waals surface area contributed by atoms with Crippen molar-refractivity contribution in [3.63, 3.8) is 0 Å². The van der Waals surface area contributed by atoms with Gasteiger partial charge in [0.15, 0.2) is 18.2 Å². The normalized spacial score (nSPS) is 30.3. The molecule has 0 bridgehead atoms. The van der Waals surface area contributed by atoms with Crippen molar-refractivity contribution in [2.45, 2.75) is 95.0 Å². The van der Waals surface area contributed by atoms with Gasteiger partial charge in [-0.3, -0.25) is 14.4 Å². The van der Waals surface area contributed by atoms with Crippen molar-refractivity contribution in [3.05, 3.63) is 47.5 Å². The van der Waals surface area contributed by atoms with Crippen LogP contribution in [0.25, 0.3) is 0 Å². The van der Waals surface area contributed by atoms with Crippen LogP contribution in [-0.4, -0.2) is 133 Å². The summed E-state index contributed by atoms with van der Waals surface area (Å²) in [6, 6.07) is 7.83. The molecule has 276 valence electrons. The molecule has 2 aromatic carbocycles. The molecule has 0 spiro atoms. The van der Waals surface area contributed by atoms with Crippen molar-refractivity contribution < 1.29 is 83.7 Å². The molecule has 2 aliphatic heterocycles. The summed E-state index contributed by atoms with van der Waals surface area (Å²) in [6.45, 7) is 2.95. The number of rotatable bonds is 13. The van der Waals surface area contributed by atoms with Crippen molar-refractivity contribution in [1.29, 1.82) is 0 Å². The van der Waals surface area contributed by atoms with E-state index in [4.69, 9.17) is 28.4 Å². The lowest BCUT2D eigenvalue weighted by Crippen LogP contribution is -2.64. The van der Waals surface area contributed by atoms with Gasteiger partial charge in [0.25, 0.3) is 0 Å². The monoisotopic (exact) mass is 710 g/mol. The molecule has 2 aliphatic rings. The van der Waals surface area contributed by atoms with E-state index in [0.717, 1.165) is 19.1 Å². The van der Waals surface area contributed by atoms with Crippen LogP contribution in [-0.2, 0) is 30.2 Å². The quantitative estimate of drug-likeness (QED) is 0.0682. The van der Waals surface area contributed by atoms with Crippen molar-refractivity contribution in [2.24, 2.45) is 5.92 Å². The van der Waals surface area contributed by atoms with Gasteiger partial charge in [0, 0.05) is 18.7 Å². The Morgan fingerprint density at radius 3 is 2.02 bits per heavy atom. The summed E-state index contributed by atoms with van der Waals surface area (Å²) in [7, 11) is 0. The minimum Gasteiger partial charge on any atom is -0.508 e.